The number of esters is 1. The van der Waals surface area contributed by atoms with E-state index in [0.29, 0.717) is 30.4 Å². The summed E-state index contributed by atoms with van der Waals surface area (Å²) in [5.74, 6) is 0.661. The first kappa shape index (κ1) is 18.4. The van der Waals surface area contributed by atoms with Gasteiger partial charge < -0.3 is 14.2 Å². The highest BCUT2D eigenvalue weighted by atomic mass is 32.1. The number of benzene rings is 1. The molecule has 0 atom stereocenters. The number of carbonyl (C=O) groups is 1. The van der Waals surface area contributed by atoms with E-state index >= 15 is 0 Å². The van der Waals surface area contributed by atoms with E-state index in [1.54, 1.807) is 30.6 Å². The summed E-state index contributed by atoms with van der Waals surface area (Å²) in [4.78, 5) is 17.6. The van der Waals surface area contributed by atoms with E-state index in [0.717, 1.165) is 17.0 Å². The molecule has 5 nitrogen and oxygen atoms in total. The number of hydrogen-bond donors (Lipinski definition) is 0. The van der Waals surface area contributed by atoms with Crippen LogP contribution >= 0.6 is 11.3 Å². The highest BCUT2D eigenvalue weighted by Crippen LogP contribution is 2.32. The van der Waals surface area contributed by atoms with Gasteiger partial charge in [0.25, 0.3) is 0 Å². The fraction of sp³-hybridized carbons (Fsp3) is 0.444. The monoisotopic (exact) mass is 349 g/mol. The Bertz CT molecular complexity index is 681. The predicted octanol–water partition coefficient (Wildman–Crippen LogP) is 4.14. The molecule has 1 aromatic carbocycles. The molecule has 130 valence electrons. The van der Waals surface area contributed by atoms with Gasteiger partial charge in [-0.2, -0.15) is 0 Å². The molecule has 0 N–H and O–H groups in total. The maximum atomic E-state index is 11.9. The zero-order valence-electron chi connectivity index (χ0n) is 14.5. The molecule has 6 heteroatoms. The second-order valence-corrected chi connectivity index (χ2v) is 6.72. The van der Waals surface area contributed by atoms with Gasteiger partial charge in [-0.25, -0.2) is 9.78 Å². The molecule has 1 aromatic heterocycles. The first-order valence-electron chi connectivity index (χ1n) is 7.86. The molecule has 0 aliphatic carbocycles. The van der Waals surface area contributed by atoms with Gasteiger partial charge in [0.1, 0.15) is 10.8 Å². The topological polar surface area (TPSA) is 57.7 Å². The SMILES string of the molecule is COCCCOc1cc(C(=O)OC)cc(-c2ncc(C(C)C)s2)c1. The van der Waals surface area contributed by atoms with Gasteiger partial charge in [-0.05, 0) is 24.1 Å². The Labute approximate surface area is 146 Å². The Morgan fingerprint density at radius 3 is 2.62 bits per heavy atom. The molecule has 1 heterocycles. The van der Waals surface area contributed by atoms with Gasteiger partial charge in [-0.15, -0.1) is 11.3 Å². The summed E-state index contributed by atoms with van der Waals surface area (Å²) in [5.41, 5.74) is 1.31. The van der Waals surface area contributed by atoms with Crippen LogP contribution in [0.1, 0.15) is 41.4 Å². The molecule has 0 aliphatic heterocycles. The van der Waals surface area contributed by atoms with Gasteiger partial charge >= 0.3 is 5.97 Å². The maximum absolute atomic E-state index is 11.9. The Morgan fingerprint density at radius 2 is 2.00 bits per heavy atom. The Balaban J connectivity index is 2.29. The van der Waals surface area contributed by atoms with E-state index < -0.39 is 0 Å². The third-order valence-electron chi connectivity index (χ3n) is 3.43. The van der Waals surface area contributed by atoms with E-state index in [2.05, 4.69) is 18.8 Å². The summed E-state index contributed by atoms with van der Waals surface area (Å²) >= 11 is 1.62. The van der Waals surface area contributed by atoms with Gasteiger partial charge in [0, 0.05) is 36.8 Å². The molecule has 24 heavy (non-hydrogen) atoms. The van der Waals surface area contributed by atoms with Crippen LogP contribution in [0.3, 0.4) is 0 Å². The summed E-state index contributed by atoms with van der Waals surface area (Å²) in [6, 6.07) is 5.39. The molecule has 0 radical (unpaired) electrons. The number of ether oxygens (including phenoxy) is 3. The summed E-state index contributed by atoms with van der Waals surface area (Å²) in [5, 5.41) is 0.867. The molecule has 0 fully saturated rings. The summed E-state index contributed by atoms with van der Waals surface area (Å²) in [6.07, 6.45) is 2.66. The normalized spacial score (nSPS) is 10.9. The lowest BCUT2D eigenvalue weighted by molar-refractivity contribution is 0.0600. The van der Waals surface area contributed by atoms with Crippen molar-refractivity contribution in [2.24, 2.45) is 0 Å². The maximum Gasteiger partial charge on any atom is 0.338 e. The molecule has 0 saturated carbocycles. The second-order valence-electron chi connectivity index (χ2n) is 5.65. The highest BCUT2D eigenvalue weighted by molar-refractivity contribution is 7.15. The molecule has 2 rings (SSSR count). The number of methoxy groups -OCH3 is 2. The van der Waals surface area contributed by atoms with Crippen molar-refractivity contribution in [3.8, 4) is 16.3 Å². The van der Waals surface area contributed by atoms with Crippen LogP contribution in [0.2, 0.25) is 0 Å². The fourth-order valence-electron chi connectivity index (χ4n) is 2.12. The van der Waals surface area contributed by atoms with Crippen molar-refractivity contribution in [2.45, 2.75) is 26.2 Å². The minimum Gasteiger partial charge on any atom is -0.493 e. The number of aromatic nitrogens is 1. The van der Waals surface area contributed by atoms with Crippen molar-refractivity contribution in [1.82, 2.24) is 4.98 Å². The van der Waals surface area contributed by atoms with Crippen molar-refractivity contribution in [3.05, 3.63) is 34.8 Å². The van der Waals surface area contributed by atoms with Crippen LogP contribution in [0, 0.1) is 0 Å². The molecule has 0 unspecified atom stereocenters. The minimum atomic E-state index is -0.390. The van der Waals surface area contributed by atoms with Crippen molar-refractivity contribution < 1.29 is 19.0 Å². The molecule has 2 aromatic rings. The van der Waals surface area contributed by atoms with Gasteiger partial charge in [0.15, 0.2) is 0 Å². The van der Waals surface area contributed by atoms with E-state index in [4.69, 9.17) is 14.2 Å². The van der Waals surface area contributed by atoms with E-state index in [-0.39, 0.29) is 5.97 Å². The van der Waals surface area contributed by atoms with Crippen LogP contribution in [-0.2, 0) is 9.47 Å². The zero-order chi connectivity index (χ0) is 17.5. The lowest BCUT2D eigenvalue weighted by atomic mass is 10.1. The Morgan fingerprint density at radius 1 is 1.21 bits per heavy atom. The Kier molecular flexibility index (Phi) is 6.75. The average Bonchev–Trinajstić information content (AvgIpc) is 3.08. The molecule has 0 aliphatic rings. The van der Waals surface area contributed by atoms with E-state index in [1.807, 2.05) is 12.3 Å². The van der Waals surface area contributed by atoms with Gasteiger partial charge in [0.2, 0.25) is 0 Å². The lowest BCUT2D eigenvalue weighted by Gasteiger charge is -2.09. The number of hydrogen-bond acceptors (Lipinski definition) is 6. The molecule has 0 spiro atoms. The van der Waals surface area contributed by atoms with Gasteiger partial charge in [-0.1, -0.05) is 13.8 Å². The van der Waals surface area contributed by atoms with Crippen LogP contribution in [0.25, 0.3) is 10.6 Å². The van der Waals surface area contributed by atoms with Crippen LogP contribution < -0.4 is 4.74 Å². The zero-order valence-corrected chi connectivity index (χ0v) is 15.3. The van der Waals surface area contributed by atoms with Crippen molar-refractivity contribution >= 4 is 17.3 Å². The van der Waals surface area contributed by atoms with Gasteiger partial charge in [0.05, 0.1) is 19.3 Å². The average molecular weight is 349 g/mol. The first-order chi connectivity index (χ1) is 11.5. The van der Waals surface area contributed by atoms with Crippen LogP contribution in [-0.4, -0.2) is 38.4 Å². The largest absolute Gasteiger partial charge is 0.493 e. The predicted molar refractivity (Wildman–Crippen MR) is 95.0 cm³/mol. The first-order valence-corrected chi connectivity index (χ1v) is 8.68. The summed E-state index contributed by atoms with van der Waals surface area (Å²) in [6.45, 7) is 5.42. The quantitative estimate of drug-likeness (QED) is 0.530. The fourth-order valence-corrected chi connectivity index (χ4v) is 3.03. The third-order valence-corrected chi connectivity index (χ3v) is 4.78. The van der Waals surface area contributed by atoms with Crippen molar-refractivity contribution in [3.63, 3.8) is 0 Å². The highest BCUT2D eigenvalue weighted by Gasteiger charge is 2.14. The van der Waals surface area contributed by atoms with E-state index in [1.165, 1.54) is 12.0 Å². The van der Waals surface area contributed by atoms with E-state index in [9.17, 15) is 4.79 Å². The second kappa shape index (κ2) is 8.80. The number of thiazole rings is 1. The number of carbonyl (C=O) groups excluding carboxylic acids is 1. The summed E-state index contributed by atoms with van der Waals surface area (Å²) < 4.78 is 15.6. The third kappa shape index (κ3) is 4.79. The van der Waals surface area contributed by atoms with Crippen LogP contribution in [0.15, 0.2) is 24.4 Å². The van der Waals surface area contributed by atoms with Crippen molar-refractivity contribution in [1.29, 1.82) is 0 Å². The summed E-state index contributed by atoms with van der Waals surface area (Å²) in [7, 11) is 3.03. The van der Waals surface area contributed by atoms with Gasteiger partial charge in [-0.3, -0.25) is 0 Å². The smallest absolute Gasteiger partial charge is 0.338 e. The van der Waals surface area contributed by atoms with Crippen LogP contribution in [0.5, 0.6) is 5.75 Å². The molecule has 0 amide bonds. The molecular formula is C18H23NO4S. The molecular weight excluding hydrogens is 326 g/mol. The standard InChI is InChI=1S/C18H23NO4S/c1-12(2)16-11-19-17(24-16)13-8-14(18(20)22-4)10-15(9-13)23-7-5-6-21-3/h8-12H,5-7H2,1-4H3. The van der Waals surface area contributed by atoms with Crippen molar-refractivity contribution in [2.75, 3.05) is 27.4 Å². The lowest BCUT2D eigenvalue weighted by Crippen LogP contribution is -2.05. The molecule has 0 bridgehead atoms. The molecule has 0 saturated heterocycles. The van der Waals surface area contributed by atoms with Crippen LogP contribution in [0.4, 0.5) is 0 Å². The number of nitrogens with zero attached hydrogens (tertiary/aromatic N) is 1. The Hall–Kier alpha value is -1.92. The number of rotatable bonds is 8. The minimum absolute atomic E-state index is 0.390.